The zero-order valence-corrected chi connectivity index (χ0v) is 76.0. The Morgan fingerprint density at radius 1 is 0.443 bits per heavy atom. The van der Waals surface area contributed by atoms with Crippen molar-refractivity contribution >= 4 is 123 Å². The van der Waals surface area contributed by atoms with Gasteiger partial charge in [-0.2, -0.15) is 0 Å². The van der Waals surface area contributed by atoms with Crippen LogP contribution < -0.4 is 114 Å². The van der Waals surface area contributed by atoms with Crippen molar-refractivity contribution in [3.63, 3.8) is 0 Å². The zero-order chi connectivity index (χ0) is 97.9. The van der Waals surface area contributed by atoms with Gasteiger partial charge in [-0.05, 0) is 145 Å². The summed E-state index contributed by atoms with van der Waals surface area (Å²) in [6.45, 7) is 16.0. The third-order valence-corrected chi connectivity index (χ3v) is 21.5. The van der Waals surface area contributed by atoms with Gasteiger partial charge in [-0.3, -0.25) is 91.7 Å². The predicted molar refractivity (Wildman–Crippen MR) is 481 cm³/mol. The number of carboxylic acid groups (broad SMARTS) is 1. The molecule has 45 nitrogen and oxygen atoms in total. The molecule has 0 radical (unpaired) electrons. The lowest BCUT2D eigenvalue weighted by atomic mass is 9.96. The standard InChI is InChI=1S/C86H135N25O20/c1-11-13-21-56(103-81(127)63(37-44(3)4)107-79(125)60(30-33-67(90)114)105-85(131)70(46(7)12-2)111-80(126)61(31-34-68(115)116)101-74(120)49(10)99-84(130)69(45(5)6)110-72(118)47(8)88)76(122)109-65(40-52-42-94-43-97-52)83(129)104-59(29-32-66(89)113)78(124)102-57(24-17-19-36-95-86(92)93)75(121)98-48(9)73(119)100-58(23-16-18-35-87)77(123)108-64(39-51-41-96-55-22-15-14-20-54(51)55)82(128)106-62(71(91)117)38-50-25-27-53(112)28-26-50/h14-15,20,22,25-28,41-49,56-65,69-70,96,112H,11-13,16-19,21,23-24,29-40,87-88H2,1-10H3,(H2,89,113)(H2,90,114)(H2,91,117)(H,94,97)(H,98,121)(H,99,130)(H,100,119)(H,101,120)(H,102,124)(H,103,127)(H,104,129)(H,105,131)(H,106,128)(H,107,125)(H,108,123)(H,109,122)(H,110,118)(H,111,126)(H,115,116)(H4,92,93,95)/t46-,47-,48-,49-,56-,57-,58-,59-,60-,61-,62-,63-,64-,65-,69-,70-/m0/s1. The number of para-hydroxylation sites is 1. The molecule has 0 aliphatic carbocycles. The van der Waals surface area contributed by atoms with Crippen molar-refractivity contribution in [3.8, 4) is 5.75 Å². The minimum atomic E-state index is -1.72. The average Bonchev–Trinajstić information content (AvgIpc) is 1.72. The van der Waals surface area contributed by atoms with Crippen molar-refractivity contribution < 1.29 is 96.5 Å². The Morgan fingerprint density at radius 3 is 1.34 bits per heavy atom. The number of fused-ring (bicyclic) bond motifs is 1. The van der Waals surface area contributed by atoms with E-state index < -0.39 is 247 Å². The maximum Gasteiger partial charge on any atom is 0.303 e. The van der Waals surface area contributed by atoms with Gasteiger partial charge in [0.25, 0.3) is 0 Å². The van der Waals surface area contributed by atoms with E-state index >= 15 is 0 Å². The van der Waals surface area contributed by atoms with Gasteiger partial charge < -0.3 is 134 Å². The number of primary amides is 3. The molecule has 17 amide bonds. The second-order valence-electron chi connectivity index (χ2n) is 33.4. The molecule has 2 aromatic carbocycles. The maximum absolute atomic E-state index is 14.9. The number of nitrogens with one attached hydrogen (secondary N) is 18. The Kier molecular flexibility index (Phi) is 47.2. The molecular weight excluding hydrogens is 1700 g/mol. The van der Waals surface area contributed by atoms with Crippen LogP contribution in [-0.2, 0) is 106 Å². The number of aromatic hydroxyl groups is 1. The number of nitrogens with zero attached hydrogens (tertiary/aromatic N) is 1. The van der Waals surface area contributed by atoms with Crippen LogP contribution in [0.5, 0.6) is 5.75 Å². The number of phenolic OH excluding ortho intramolecular Hbond substituents is 1. The molecular formula is C86H135N25O20. The van der Waals surface area contributed by atoms with Crippen LogP contribution in [0.2, 0.25) is 0 Å². The fourth-order valence-corrected chi connectivity index (χ4v) is 13.7. The second kappa shape index (κ2) is 56.2. The summed E-state index contributed by atoms with van der Waals surface area (Å²) in [5, 5.41) is 66.8. The topological polar surface area (TPSA) is 753 Å². The van der Waals surface area contributed by atoms with Crippen molar-refractivity contribution in [2.45, 2.75) is 288 Å². The van der Waals surface area contributed by atoms with Gasteiger partial charge in [0.05, 0.1) is 12.4 Å². The number of carboxylic acids is 1. The van der Waals surface area contributed by atoms with Crippen LogP contribution in [0.3, 0.4) is 0 Å². The minimum Gasteiger partial charge on any atom is -0.508 e. The number of carbonyl (C=O) groups is 18. The van der Waals surface area contributed by atoms with Gasteiger partial charge in [-0.15, -0.1) is 0 Å². The van der Waals surface area contributed by atoms with Gasteiger partial charge in [0.15, 0.2) is 5.96 Å². The van der Waals surface area contributed by atoms with Gasteiger partial charge in [-0.1, -0.05) is 98.1 Å². The summed E-state index contributed by atoms with van der Waals surface area (Å²) < 4.78 is 0. The zero-order valence-electron chi connectivity index (χ0n) is 76.0. The molecule has 16 atom stereocenters. The number of aliphatic carboxylic acids is 1. The fourth-order valence-electron chi connectivity index (χ4n) is 13.7. The Balaban J connectivity index is 1.63. The number of guanidine groups is 1. The first-order chi connectivity index (χ1) is 61.9. The quantitative estimate of drug-likeness (QED) is 0.0115. The second-order valence-corrected chi connectivity index (χ2v) is 33.4. The number of carbonyl (C=O) groups excluding carboxylic acids is 17. The van der Waals surface area contributed by atoms with Gasteiger partial charge >= 0.3 is 5.97 Å². The molecule has 0 saturated heterocycles. The van der Waals surface area contributed by atoms with Crippen molar-refractivity contribution in [3.05, 3.63) is 84.1 Å². The highest BCUT2D eigenvalue weighted by Gasteiger charge is 2.40. The molecule has 724 valence electrons. The van der Waals surface area contributed by atoms with E-state index in [0.717, 1.165) is 0 Å². The van der Waals surface area contributed by atoms with Gasteiger partial charge in [0, 0.05) is 74.1 Å². The number of hydrogen-bond donors (Lipinski definition) is 26. The first-order valence-electron chi connectivity index (χ1n) is 44.0. The van der Waals surface area contributed by atoms with E-state index in [2.05, 4.69) is 94.7 Å². The molecule has 0 fully saturated rings. The van der Waals surface area contributed by atoms with Crippen LogP contribution in [0.4, 0.5) is 0 Å². The number of phenols is 1. The molecule has 2 heterocycles. The maximum atomic E-state index is 14.9. The molecule has 0 saturated carbocycles. The smallest absolute Gasteiger partial charge is 0.303 e. The van der Waals surface area contributed by atoms with E-state index in [-0.39, 0.29) is 113 Å². The number of benzene rings is 2. The normalized spacial score (nSPS) is 14.9. The van der Waals surface area contributed by atoms with E-state index in [4.69, 9.17) is 39.8 Å². The molecule has 4 aromatic rings. The van der Waals surface area contributed by atoms with Gasteiger partial charge in [0.2, 0.25) is 100 Å². The van der Waals surface area contributed by atoms with E-state index in [1.54, 1.807) is 78.9 Å². The Labute approximate surface area is 760 Å². The molecule has 0 bridgehead atoms. The summed E-state index contributed by atoms with van der Waals surface area (Å²) in [6.07, 6.45) is 2.06. The minimum absolute atomic E-state index is 0.0356. The molecule has 0 aliphatic rings. The Morgan fingerprint density at radius 2 is 0.870 bits per heavy atom. The third kappa shape index (κ3) is 39.2. The summed E-state index contributed by atoms with van der Waals surface area (Å²) in [5.74, 6) is -19.2. The van der Waals surface area contributed by atoms with Crippen molar-refractivity contribution in [2.24, 2.45) is 52.2 Å². The van der Waals surface area contributed by atoms with Crippen LogP contribution in [-0.4, -0.2) is 241 Å². The number of amides is 17. The van der Waals surface area contributed by atoms with Crippen molar-refractivity contribution in [1.29, 1.82) is 5.41 Å². The van der Waals surface area contributed by atoms with Crippen LogP contribution in [0.1, 0.15) is 195 Å². The molecule has 32 N–H and O–H groups in total. The first kappa shape index (κ1) is 110. The van der Waals surface area contributed by atoms with Crippen LogP contribution in [0, 0.1) is 23.2 Å². The van der Waals surface area contributed by atoms with Gasteiger partial charge in [0.1, 0.15) is 90.3 Å². The summed E-state index contributed by atoms with van der Waals surface area (Å²) in [5.41, 5.74) is 36.1. The van der Waals surface area contributed by atoms with E-state index in [1.165, 1.54) is 57.6 Å². The highest BCUT2D eigenvalue weighted by atomic mass is 16.4. The first-order valence-corrected chi connectivity index (χ1v) is 44.0. The predicted octanol–water partition coefficient (Wildman–Crippen LogP) is -3.60. The van der Waals surface area contributed by atoms with E-state index in [1.807, 2.05) is 0 Å². The average molecular weight is 1840 g/mol. The van der Waals surface area contributed by atoms with Crippen LogP contribution in [0.25, 0.3) is 10.9 Å². The SMILES string of the molecule is CCCC[C@H](NC(=O)[C@H](CC(C)C)NC(=O)[C@H](CCC(N)=O)NC(=O)[C@@H](NC(=O)[C@H](CCC(=O)O)NC(=O)[C@H](C)NC(=O)[C@@H](NC(=O)[C@H](C)N)C(C)C)[C@@H](C)CC)C(=O)N[C@@H](Cc1cnc[nH]1)C(=O)N[C@@H](CCC(N)=O)C(=O)N[C@@H](CCCCNC(=N)N)C(=O)N[C@@H](C)C(=O)N[C@@H](CCCCN)C(=O)N[C@@H](Cc1c[nH]c2ccccc12)C(=O)N[C@@H](Cc1ccc(O)cc1)C(N)=O. The Bertz CT molecular complexity index is 4530. The van der Waals surface area contributed by atoms with Crippen LogP contribution in [0.15, 0.2) is 67.3 Å². The fraction of sp³-hybridized carbons (Fsp3) is 0.581. The molecule has 0 aliphatic heterocycles. The summed E-state index contributed by atoms with van der Waals surface area (Å²) in [7, 11) is 0. The number of H-pyrrole nitrogens is 2. The number of rotatable bonds is 61. The third-order valence-electron chi connectivity index (χ3n) is 21.5. The van der Waals surface area contributed by atoms with E-state index in [0.29, 0.717) is 34.9 Å². The number of hydrogen-bond acceptors (Lipinski definition) is 23. The lowest BCUT2D eigenvalue weighted by molar-refractivity contribution is -0.139. The molecule has 45 heteroatoms. The lowest BCUT2D eigenvalue weighted by Crippen LogP contribution is -2.61. The number of nitrogens with two attached hydrogens (primary N) is 6. The van der Waals surface area contributed by atoms with Crippen molar-refractivity contribution in [2.75, 3.05) is 13.1 Å². The highest BCUT2D eigenvalue weighted by Crippen LogP contribution is 2.22. The molecule has 2 aromatic heterocycles. The highest BCUT2D eigenvalue weighted by molar-refractivity contribution is 6.01. The number of aromatic nitrogens is 3. The molecule has 0 unspecified atom stereocenters. The van der Waals surface area contributed by atoms with Crippen LogP contribution >= 0.6 is 0 Å². The number of unbranched alkanes of at least 4 members (excludes halogenated alkanes) is 3. The van der Waals surface area contributed by atoms with Crippen molar-refractivity contribution in [1.82, 2.24) is 94.7 Å². The summed E-state index contributed by atoms with van der Waals surface area (Å²) >= 11 is 0. The number of imidazole rings is 1. The Hall–Kier alpha value is -13.4. The summed E-state index contributed by atoms with van der Waals surface area (Å²) in [4.78, 5) is 260. The number of aromatic amines is 2. The summed E-state index contributed by atoms with van der Waals surface area (Å²) in [6, 6.07) is -8.78. The molecule has 0 spiro atoms. The molecule has 4 rings (SSSR count). The van der Waals surface area contributed by atoms with E-state index in [9.17, 15) is 96.5 Å². The monoisotopic (exact) mass is 1840 g/mol. The lowest BCUT2D eigenvalue weighted by Gasteiger charge is -2.30. The van der Waals surface area contributed by atoms with Gasteiger partial charge in [-0.25, -0.2) is 4.98 Å². The largest absolute Gasteiger partial charge is 0.508 e. The molecule has 131 heavy (non-hydrogen) atoms.